The van der Waals surface area contributed by atoms with Gasteiger partial charge in [-0.3, -0.25) is 0 Å². The molecule has 0 aromatic heterocycles. The van der Waals surface area contributed by atoms with Crippen LogP contribution < -0.4 is 0 Å². The molecule has 1 heterocycles. The van der Waals surface area contributed by atoms with Crippen LogP contribution in [0.1, 0.15) is 353 Å². The molecule has 3 heteroatoms. The minimum absolute atomic E-state index is 0. The molecule has 0 aliphatic carbocycles. The standard InChI is InChI=1S/C37H54N2.2C17H35.Ni/c1-5-9-13-16-20-30-22-18-24-32(28-30)36-34(26-12-8-4)35(27-15-11-7-3)37(39(36)38)33-25-19-23-31(29-33)21-17-14-10-6-2;2*1-3-5-7-9-11-13-15-17-16-14-12-10-8-6-4-2;/h18-19,22-25,28-29H,5-17,20-21,26-27H2,1-4H3;2*1,3-17H2,2H3;/q;2*-1;+2. The van der Waals surface area contributed by atoms with Crippen molar-refractivity contribution < 1.29 is 21.2 Å². The number of unbranched alkanes of at least 4 members (excludes halogenated alkanes) is 37. The number of hydrogen-bond acceptors (Lipinski definition) is 0. The molecule has 0 saturated heterocycles. The summed E-state index contributed by atoms with van der Waals surface area (Å²) in [6.07, 6.45) is 63.0. The van der Waals surface area contributed by atoms with Gasteiger partial charge in [-0.15, -0.1) is 0 Å². The first-order valence-corrected chi connectivity index (χ1v) is 32.7. The van der Waals surface area contributed by atoms with Crippen LogP contribution in [-0.4, -0.2) is 4.70 Å². The number of nitrogens with zero attached hydrogens (tertiary/aromatic N) is 2. The molecule has 2 aromatic carbocycles. The zero-order valence-electron chi connectivity index (χ0n) is 50.5. The Morgan fingerprint density at radius 1 is 0.311 bits per heavy atom. The minimum atomic E-state index is 0. The van der Waals surface area contributed by atoms with E-state index in [1.54, 1.807) is 4.70 Å². The number of aryl methyl sites for hydroxylation is 2. The van der Waals surface area contributed by atoms with Crippen molar-refractivity contribution in [2.45, 2.75) is 343 Å². The number of hydrogen-bond donors (Lipinski definition) is 0. The molecule has 0 atom stereocenters. The molecule has 1 aliphatic rings. The zero-order valence-corrected chi connectivity index (χ0v) is 51.5. The second-order valence-electron chi connectivity index (χ2n) is 22.4. The summed E-state index contributed by atoms with van der Waals surface area (Å²) >= 11 is 0. The van der Waals surface area contributed by atoms with Crippen molar-refractivity contribution in [3.63, 3.8) is 0 Å². The van der Waals surface area contributed by atoms with E-state index < -0.39 is 0 Å². The van der Waals surface area contributed by atoms with Gasteiger partial charge in [-0.05, 0) is 86.8 Å². The van der Waals surface area contributed by atoms with Gasteiger partial charge < -0.3 is 19.4 Å². The van der Waals surface area contributed by atoms with E-state index in [9.17, 15) is 5.53 Å². The van der Waals surface area contributed by atoms with Gasteiger partial charge >= 0.3 is 16.5 Å². The summed E-state index contributed by atoms with van der Waals surface area (Å²) < 4.78 is 1.57. The maximum atomic E-state index is 11.9. The molecule has 1 aliphatic heterocycles. The van der Waals surface area contributed by atoms with Gasteiger partial charge in [-0.25, -0.2) is 4.70 Å². The monoisotopic (exact) mass is 1060 g/mol. The second-order valence-corrected chi connectivity index (χ2v) is 22.4. The van der Waals surface area contributed by atoms with Crippen LogP contribution in [0.2, 0.25) is 0 Å². The fourth-order valence-electron chi connectivity index (χ4n) is 10.7. The van der Waals surface area contributed by atoms with Gasteiger partial charge in [0.05, 0.1) is 0 Å². The molecule has 2 aromatic rings. The third-order valence-corrected chi connectivity index (χ3v) is 15.4. The summed E-state index contributed by atoms with van der Waals surface area (Å²) in [5, 5.41) is 0. The predicted octanol–water partition coefficient (Wildman–Crippen LogP) is 25.3. The van der Waals surface area contributed by atoms with Gasteiger partial charge in [-0.1, -0.05) is 303 Å². The Balaban J connectivity index is 0.00000126. The molecule has 0 N–H and O–H groups in total. The largest absolute Gasteiger partial charge is 2.00 e. The maximum absolute atomic E-state index is 11.9. The van der Waals surface area contributed by atoms with Crippen LogP contribution in [0.15, 0.2) is 59.7 Å². The summed E-state index contributed by atoms with van der Waals surface area (Å²) in [7, 11) is 0. The van der Waals surface area contributed by atoms with Gasteiger partial charge in [-0.2, -0.15) is 12.8 Å². The van der Waals surface area contributed by atoms with E-state index in [-0.39, 0.29) is 16.5 Å². The van der Waals surface area contributed by atoms with Crippen molar-refractivity contribution in [3.8, 4) is 0 Å². The molecule has 2 nitrogen and oxygen atoms in total. The molecule has 428 valence electrons. The van der Waals surface area contributed by atoms with Crippen LogP contribution in [-0.2, 0) is 29.3 Å². The normalized spacial score (nSPS) is 12.2. The quantitative estimate of drug-likeness (QED) is 0.0273. The first-order valence-electron chi connectivity index (χ1n) is 32.7. The van der Waals surface area contributed by atoms with Crippen LogP contribution in [0.4, 0.5) is 0 Å². The van der Waals surface area contributed by atoms with Crippen molar-refractivity contribution in [2.24, 2.45) is 0 Å². The van der Waals surface area contributed by atoms with E-state index >= 15 is 0 Å². The number of benzene rings is 2. The third-order valence-electron chi connectivity index (χ3n) is 15.4. The maximum Gasteiger partial charge on any atom is 2.00 e. The van der Waals surface area contributed by atoms with Gasteiger partial charge in [0, 0.05) is 22.3 Å². The van der Waals surface area contributed by atoms with Crippen molar-refractivity contribution in [3.05, 3.63) is 101 Å². The number of rotatable bonds is 47. The van der Waals surface area contributed by atoms with Crippen LogP contribution in [0.5, 0.6) is 0 Å². The Bertz CT molecular complexity index is 1540. The van der Waals surface area contributed by atoms with Gasteiger partial charge in [0.25, 0.3) is 0 Å². The van der Waals surface area contributed by atoms with Gasteiger partial charge in [0.15, 0.2) is 0 Å². The first kappa shape index (κ1) is 72.0. The fourth-order valence-corrected chi connectivity index (χ4v) is 10.7. The molecule has 0 spiro atoms. The second kappa shape index (κ2) is 54.4. The van der Waals surface area contributed by atoms with E-state index in [4.69, 9.17) is 0 Å². The zero-order chi connectivity index (χ0) is 53.1. The summed E-state index contributed by atoms with van der Waals surface area (Å²) in [5.74, 6) is 0. The van der Waals surface area contributed by atoms with E-state index in [0.29, 0.717) is 0 Å². The van der Waals surface area contributed by atoms with E-state index in [1.807, 2.05) is 0 Å². The Kier molecular flexibility index (Phi) is 52.9. The molecular weight excluding hydrogens is 939 g/mol. The van der Waals surface area contributed by atoms with Gasteiger partial charge in [0.2, 0.25) is 11.4 Å². The molecule has 0 bridgehead atoms. The summed E-state index contributed by atoms with van der Waals surface area (Å²) in [4.78, 5) is 0. The summed E-state index contributed by atoms with van der Waals surface area (Å²) in [6, 6.07) is 18.0. The Labute approximate surface area is 474 Å². The molecule has 0 radical (unpaired) electrons. The molecule has 0 saturated carbocycles. The Hall–Kier alpha value is -1.99. The summed E-state index contributed by atoms with van der Waals surface area (Å²) in [5.41, 5.74) is 21.8. The van der Waals surface area contributed by atoms with Crippen molar-refractivity contribution >= 4 is 11.4 Å². The van der Waals surface area contributed by atoms with Crippen LogP contribution in [0, 0.1) is 13.8 Å². The molecule has 0 unspecified atom stereocenters. The Morgan fingerprint density at radius 3 is 0.851 bits per heavy atom. The molecule has 3 rings (SSSR count). The van der Waals surface area contributed by atoms with E-state index in [2.05, 4.69) is 104 Å². The topological polar surface area (TPSA) is 25.3 Å². The SMILES string of the molecule is CCCCCCc1cccc(C2=C(CCCC)C(CCCCC)=C(c3cccc(CCCCCC)c3)[N+]2=[N-])c1.[CH2-]CCCCCCCCCCCCCCCC.[CH2-]CCCCCCCCCCCCCCCC.[Ni+2]. The molecule has 0 amide bonds. The average Bonchev–Trinajstić information content (AvgIpc) is 3.69. The first-order chi connectivity index (χ1) is 36.0. The van der Waals surface area contributed by atoms with E-state index in [1.165, 1.54) is 273 Å². The van der Waals surface area contributed by atoms with Crippen molar-refractivity contribution in [2.75, 3.05) is 0 Å². The molecule has 0 fully saturated rings. The minimum Gasteiger partial charge on any atom is -0.493 e. The number of allylic oxidation sites excluding steroid dienone is 2. The fraction of sp³-hybridized carbons (Fsp3) is 0.746. The Morgan fingerprint density at radius 2 is 0.554 bits per heavy atom. The average molecular weight is 1060 g/mol. The van der Waals surface area contributed by atoms with Gasteiger partial charge in [0.1, 0.15) is 0 Å². The van der Waals surface area contributed by atoms with Crippen molar-refractivity contribution in [1.82, 2.24) is 0 Å². The van der Waals surface area contributed by atoms with Crippen molar-refractivity contribution in [1.29, 1.82) is 0 Å². The van der Waals surface area contributed by atoms with E-state index in [0.717, 1.165) is 73.9 Å². The summed E-state index contributed by atoms with van der Waals surface area (Å²) in [6.45, 7) is 21.4. The van der Waals surface area contributed by atoms with Crippen LogP contribution in [0.25, 0.3) is 16.9 Å². The smallest absolute Gasteiger partial charge is 0.493 e. The molecule has 74 heavy (non-hydrogen) atoms. The van der Waals surface area contributed by atoms with Crippen LogP contribution in [0.3, 0.4) is 0 Å². The van der Waals surface area contributed by atoms with Crippen LogP contribution >= 0.6 is 0 Å². The third kappa shape index (κ3) is 36.9. The molecular formula is C71H124N2Ni. The predicted molar refractivity (Wildman–Crippen MR) is 330 cm³/mol.